The number of carbonyl (C=O) groups excluding carboxylic acids is 1. The van der Waals surface area contributed by atoms with E-state index in [9.17, 15) is 26.4 Å². The predicted octanol–water partition coefficient (Wildman–Crippen LogP) is 3.20. The third kappa shape index (κ3) is 3.83. The van der Waals surface area contributed by atoms with Crippen LogP contribution in [0.2, 0.25) is 5.02 Å². The average Bonchev–Trinajstić information content (AvgIpc) is 2.97. The molecule has 1 aromatic rings. The minimum Gasteiger partial charge on any atom is -0.314 e. The van der Waals surface area contributed by atoms with Crippen LogP contribution in [-0.2, 0) is 20.8 Å². The van der Waals surface area contributed by atoms with E-state index < -0.39 is 44.7 Å². The van der Waals surface area contributed by atoms with Gasteiger partial charge in [-0.1, -0.05) is 23.4 Å². The highest BCUT2D eigenvalue weighted by Crippen LogP contribution is 2.44. The molecule has 0 spiro atoms. The van der Waals surface area contributed by atoms with Gasteiger partial charge in [-0.3, -0.25) is 4.79 Å². The van der Waals surface area contributed by atoms with E-state index in [1.807, 2.05) is 0 Å². The maximum atomic E-state index is 13.1. The van der Waals surface area contributed by atoms with Crippen LogP contribution in [0.25, 0.3) is 0 Å². The van der Waals surface area contributed by atoms with Crippen molar-refractivity contribution in [3.63, 3.8) is 0 Å². The molecule has 1 amide bonds. The molecule has 5 nitrogen and oxygen atoms in total. The number of amidine groups is 1. The molecule has 2 aliphatic rings. The van der Waals surface area contributed by atoms with Crippen molar-refractivity contribution in [2.24, 2.45) is 4.99 Å². The molecule has 2 atom stereocenters. The summed E-state index contributed by atoms with van der Waals surface area (Å²) in [6.07, 6.45) is -4.60. The quantitative estimate of drug-likeness (QED) is 0.652. The van der Waals surface area contributed by atoms with Gasteiger partial charge >= 0.3 is 6.18 Å². The number of rotatable bonds is 2. The molecule has 1 aromatic carbocycles. The largest absolute Gasteiger partial charge is 0.416 e. The number of benzene rings is 1. The molecule has 0 aromatic heterocycles. The molecular formula is C14H11Cl2F3N2O3S2. The number of sulfone groups is 1. The maximum Gasteiger partial charge on any atom is 0.416 e. The van der Waals surface area contributed by atoms with E-state index in [1.54, 1.807) is 0 Å². The smallest absolute Gasteiger partial charge is 0.314 e. The molecule has 2 aliphatic heterocycles. The molecule has 2 saturated heterocycles. The number of amides is 1. The Bertz CT molecular complexity index is 890. The van der Waals surface area contributed by atoms with Crippen LogP contribution in [-0.4, -0.2) is 48.2 Å². The number of halogens is 5. The first kappa shape index (κ1) is 19.8. The molecule has 142 valence electrons. The van der Waals surface area contributed by atoms with Gasteiger partial charge in [-0.25, -0.2) is 8.42 Å². The van der Waals surface area contributed by atoms with Gasteiger partial charge in [0.15, 0.2) is 15.0 Å². The molecule has 12 heteroatoms. The molecule has 2 unspecified atom stereocenters. The van der Waals surface area contributed by atoms with Crippen LogP contribution < -0.4 is 4.90 Å². The molecule has 0 N–H and O–H groups in total. The second kappa shape index (κ2) is 6.88. The Morgan fingerprint density at radius 1 is 1.35 bits per heavy atom. The lowest BCUT2D eigenvalue weighted by molar-refractivity contribution is -0.137. The van der Waals surface area contributed by atoms with E-state index in [2.05, 4.69) is 4.99 Å². The first-order chi connectivity index (χ1) is 12.0. The van der Waals surface area contributed by atoms with Crippen LogP contribution in [0.5, 0.6) is 0 Å². The van der Waals surface area contributed by atoms with Gasteiger partial charge in [-0.15, -0.1) is 11.6 Å². The van der Waals surface area contributed by atoms with Gasteiger partial charge in [-0.2, -0.15) is 18.2 Å². The van der Waals surface area contributed by atoms with E-state index in [4.69, 9.17) is 23.2 Å². The average molecular weight is 447 g/mol. The number of nitrogens with zero attached hydrogens (tertiary/aromatic N) is 2. The fraction of sp³-hybridized carbons (Fsp3) is 0.429. The normalized spacial score (nSPS) is 26.3. The van der Waals surface area contributed by atoms with Crippen molar-refractivity contribution in [1.82, 2.24) is 0 Å². The van der Waals surface area contributed by atoms with Gasteiger partial charge in [0, 0.05) is 5.25 Å². The van der Waals surface area contributed by atoms with Crippen molar-refractivity contribution >= 4 is 61.6 Å². The minimum atomic E-state index is -4.60. The van der Waals surface area contributed by atoms with Gasteiger partial charge in [0.25, 0.3) is 5.91 Å². The molecule has 0 radical (unpaired) electrons. The summed E-state index contributed by atoms with van der Waals surface area (Å²) in [7, 11) is -3.35. The molecule has 0 aliphatic carbocycles. The van der Waals surface area contributed by atoms with E-state index in [0.717, 1.165) is 30.0 Å². The molecular weight excluding hydrogens is 436 g/mol. The van der Waals surface area contributed by atoms with Crippen molar-refractivity contribution in [3.8, 4) is 0 Å². The van der Waals surface area contributed by atoms with Crippen LogP contribution in [0, 0.1) is 0 Å². The van der Waals surface area contributed by atoms with Crippen LogP contribution in [0.1, 0.15) is 5.56 Å². The van der Waals surface area contributed by atoms with Crippen LogP contribution >= 0.6 is 35.0 Å². The molecule has 0 bridgehead atoms. The van der Waals surface area contributed by atoms with Crippen LogP contribution in [0.3, 0.4) is 0 Å². The number of aliphatic imine (C=N–C) groups is 1. The van der Waals surface area contributed by atoms with Gasteiger partial charge in [-0.05, 0) is 18.2 Å². The fourth-order valence-corrected chi connectivity index (χ4v) is 7.05. The van der Waals surface area contributed by atoms with Crippen molar-refractivity contribution in [3.05, 3.63) is 28.8 Å². The first-order valence-electron chi connectivity index (χ1n) is 7.22. The number of hydrogen-bond acceptors (Lipinski definition) is 4. The number of anilines is 1. The van der Waals surface area contributed by atoms with Crippen molar-refractivity contribution < 1.29 is 26.4 Å². The summed E-state index contributed by atoms with van der Waals surface area (Å²) in [5.41, 5.74) is -0.978. The van der Waals surface area contributed by atoms with Gasteiger partial charge < -0.3 is 4.90 Å². The number of alkyl halides is 4. The van der Waals surface area contributed by atoms with Crippen LogP contribution in [0.4, 0.5) is 18.9 Å². The van der Waals surface area contributed by atoms with E-state index >= 15 is 0 Å². The summed E-state index contributed by atoms with van der Waals surface area (Å²) in [6.45, 7) is 0. The maximum absolute atomic E-state index is 13.1. The second-order valence-electron chi connectivity index (χ2n) is 5.76. The third-order valence-electron chi connectivity index (χ3n) is 3.93. The topological polar surface area (TPSA) is 66.8 Å². The van der Waals surface area contributed by atoms with Crippen molar-refractivity contribution in [2.75, 3.05) is 22.3 Å². The van der Waals surface area contributed by atoms with Gasteiger partial charge in [0.05, 0.1) is 33.8 Å². The summed E-state index contributed by atoms with van der Waals surface area (Å²) >= 11 is 12.6. The standard InChI is InChI=1S/C14H11Cl2F3N2O3S2/c15-4-12(22)20-13-21(10-5-26(23,24)6-11(10)25-13)9-3-7(14(17,18)19)1-2-8(9)16/h1-3,10-11H,4-6H2. The highest BCUT2D eigenvalue weighted by Gasteiger charge is 2.50. The third-order valence-corrected chi connectivity index (χ3v) is 7.69. The summed E-state index contributed by atoms with van der Waals surface area (Å²) in [5, 5.41) is -0.358. The zero-order chi connectivity index (χ0) is 19.3. The minimum absolute atomic E-state index is 0.00503. The molecule has 2 fully saturated rings. The summed E-state index contributed by atoms with van der Waals surface area (Å²) in [6, 6.07) is 2.09. The van der Waals surface area contributed by atoms with E-state index in [0.29, 0.717) is 0 Å². The molecule has 3 rings (SSSR count). The predicted molar refractivity (Wildman–Crippen MR) is 95.9 cm³/mol. The Morgan fingerprint density at radius 2 is 2.04 bits per heavy atom. The van der Waals surface area contributed by atoms with Gasteiger partial charge in [0.2, 0.25) is 0 Å². The molecule has 26 heavy (non-hydrogen) atoms. The Labute approximate surface area is 161 Å². The number of thioether (sulfide) groups is 1. The highest BCUT2D eigenvalue weighted by atomic mass is 35.5. The Morgan fingerprint density at radius 3 is 2.65 bits per heavy atom. The van der Waals surface area contributed by atoms with E-state index in [-0.39, 0.29) is 27.4 Å². The highest BCUT2D eigenvalue weighted by molar-refractivity contribution is 8.16. The summed E-state index contributed by atoms with van der Waals surface area (Å²) < 4.78 is 63.1. The zero-order valence-corrected chi connectivity index (χ0v) is 16.0. The van der Waals surface area contributed by atoms with E-state index in [1.165, 1.54) is 4.90 Å². The molecule has 0 saturated carbocycles. The van der Waals surface area contributed by atoms with Crippen molar-refractivity contribution in [1.29, 1.82) is 0 Å². The Balaban J connectivity index is 2.11. The lowest BCUT2D eigenvalue weighted by Gasteiger charge is -2.26. The number of fused-ring (bicyclic) bond motifs is 1. The zero-order valence-electron chi connectivity index (χ0n) is 12.8. The fourth-order valence-electron chi connectivity index (χ4n) is 2.86. The lowest BCUT2D eigenvalue weighted by Crippen LogP contribution is -2.38. The lowest BCUT2D eigenvalue weighted by atomic mass is 10.1. The number of hydrogen-bond donors (Lipinski definition) is 0. The molecule has 2 heterocycles. The van der Waals surface area contributed by atoms with Crippen LogP contribution in [0.15, 0.2) is 23.2 Å². The Hall–Kier alpha value is -0.970. The first-order valence-corrected chi connectivity index (χ1v) is 10.8. The number of carbonyl (C=O) groups is 1. The second-order valence-corrected chi connectivity index (χ2v) is 9.79. The van der Waals surface area contributed by atoms with Crippen molar-refractivity contribution in [2.45, 2.75) is 17.5 Å². The summed E-state index contributed by atoms with van der Waals surface area (Å²) in [5.74, 6) is -1.48. The SMILES string of the molecule is O=C(CCl)N=C1SC2CS(=O)(=O)CC2N1c1cc(C(F)(F)F)ccc1Cl. The summed E-state index contributed by atoms with van der Waals surface area (Å²) in [4.78, 5) is 16.7. The van der Waals surface area contributed by atoms with Gasteiger partial charge in [0.1, 0.15) is 5.88 Å². The Kier molecular flexibility index (Phi) is 5.24. The monoisotopic (exact) mass is 446 g/mol.